The highest BCUT2D eigenvalue weighted by Gasteiger charge is 2.45. The van der Waals surface area contributed by atoms with Gasteiger partial charge >= 0.3 is 0 Å². The summed E-state index contributed by atoms with van der Waals surface area (Å²) in [4.78, 5) is 5.13. The van der Waals surface area contributed by atoms with Crippen LogP contribution in [0.1, 0.15) is 91.0 Å². The van der Waals surface area contributed by atoms with Crippen molar-refractivity contribution in [2.45, 2.75) is 91.9 Å². The summed E-state index contributed by atoms with van der Waals surface area (Å²) in [5.41, 5.74) is 26.3. The van der Waals surface area contributed by atoms with E-state index < -0.39 is 0 Å². The highest BCUT2D eigenvalue weighted by molar-refractivity contribution is 7.00. The van der Waals surface area contributed by atoms with Crippen LogP contribution in [0.25, 0.3) is 66.4 Å². The number of rotatable bonds is 6. The molecule has 404 valence electrons. The molecule has 3 aliphatic rings. The molecule has 5 nitrogen and oxygen atoms in total. The van der Waals surface area contributed by atoms with Crippen LogP contribution in [0.5, 0.6) is 11.5 Å². The molecule has 0 spiro atoms. The molecule has 0 bridgehead atoms. The van der Waals surface area contributed by atoms with Gasteiger partial charge in [0.25, 0.3) is 6.71 Å². The van der Waals surface area contributed by atoms with E-state index in [4.69, 9.17) is 13.9 Å². The van der Waals surface area contributed by atoms with E-state index in [9.17, 15) is 0 Å². The fraction of sp³-hybridized carbons (Fsp3) is 0.211. The van der Waals surface area contributed by atoms with Crippen molar-refractivity contribution in [1.82, 2.24) is 0 Å². The second kappa shape index (κ2) is 19.2. The molecule has 0 saturated carbocycles. The lowest BCUT2D eigenvalue weighted by molar-refractivity contribution is 0.297. The zero-order valence-corrected chi connectivity index (χ0v) is 48.9. The molecule has 10 aromatic carbocycles. The Kier molecular flexibility index (Phi) is 12.0. The monoisotopic (exact) mass is 1070 g/mol. The Morgan fingerprint density at radius 1 is 0.378 bits per heavy atom. The first-order chi connectivity index (χ1) is 39.4. The van der Waals surface area contributed by atoms with E-state index in [0.29, 0.717) is 13.2 Å². The van der Waals surface area contributed by atoms with E-state index in [1.165, 1.54) is 44.2 Å². The van der Waals surface area contributed by atoms with E-state index in [0.717, 1.165) is 113 Å². The molecule has 0 fully saturated rings. The van der Waals surface area contributed by atoms with Gasteiger partial charge in [-0.15, -0.1) is 0 Å². The van der Waals surface area contributed by atoms with E-state index in [-0.39, 0.29) is 23.0 Å². The van der Waals surface area contributed by atoms with Crippen molar-refractivity contribution in [2.75, 3.05) is 23.0 Å². The van der Waals surface area contributed by atoms with Gasteiger partial charge < -0.3 is 23.7 Å². The van der Waals surface area contributed by atoms with E-state index in [2.05, 4.69) is 273 Å². The third-order valence-electron chi connectivity index (χ3n) is 17.3. The Labute approximate surface area is 483 Å². The number of hydrogen-bond acceptors (Lipinski definition) is 5. The number of anilines is 6. The number of nitrogens with zero attached hydrogens (tertiary/aromatic N) is 2. The first kappa shape index (κ1) is 51.4. The minimum absolute atomic E-state index is 0.0203. The minimum Gasteiger partial charge on any atom is -0.490 e. The maximum Gasteiger partial charge on any atom is 0.252 e. The molecular formula is C76H69BN2O3. The van der Waals surface area contributed by atoms with Crippen LogP contribution in [0.2, 0.25) is 0 Å². The molecule has 0 aliphatic carbocycles. The number of furan rings is 1. The number of ether oxygens (including phenoxy) is 2. The van der Waals surface area contributed by atoms with Gasteiger partial charge in [-0.05, 0) is 167 Å². The summed E-state index contributed by atoms with van der Waals surface area (Å²) in [6.45, 7) is 24.0. The fourth-order valence-electron chi connectivity index (χ4n) is 12.9. The summed E-state index contributed by atoms with van der Waals surface area (Å²) in [6.07, 6.45) is 0.818. The molecule has 0 amide bonds. The van der Waals surface area contributed by atoms with Gasteiger partial charge in [-0.1, -0.05) is 190 Å². The van der Waals surface area contributed by atoms with Crippen LogP contribution in [0.15, 0.2) is 205 Å². The first-order valence-electron chi connectivity index (χ1n) is 29.2. The van der Waals surface area contributed by atoms with Crippen LogP contribution >= 0.6 is 0 Å². The van der Waals surface area contributed by atoms with Gasteiger partial charge in [0.05, 0.1) is 18.9 Å². The van der Waals surface area contributed by atoms with Gasteiger partial charge in [-0.25, -0.2) is 0 Å². The number of hydrogen-bond donors (Lipinski definition) is 0. The summed E-state index contributed by atoms with van der Waals surface area (Å²) in [6, 6.07) is 75.3. The predicted octanol–water partition coefficient (Wildman–Crippen LogP) is 18.7. The Morgan fingerprint density at radius 2 is 0.939 bits per heavy atom. The van der Waals surface area contributed by atoms with Gasteiger partial charge in [0, 0.05) is 57.3 Å². The summed E-state index contributed by atoms with van der Waals surface area (Å²) in [5.74, 6) is 1.54. The Balaban J connectivity index is 1.06. The number of aryl methyl sites for hydroxylation is 1. The third kappa shape index (κ3) is 8.86. The Hall–Kier alpha value is -8.74. The van der Waals surface area contributed by atoms with Crippen LogP contribution < -0.4 is 35.7 Å². The zero-order valence-electron chi connectivity index (χ0n) is 48.9. The maximum absolute atomic E-state index is 6.59. The van der Waals surface area contributed by atoms with Crippen molar-refractivity contribution >= 4 is 79.2 Å². The lowest BCUT2D eigenvalue weighted by Gasteiger charge is -2.45. The first-order valence-corrected chi connectivity index (χ1v) is 29.2. The molecule has 6 heteroatoms. The van der Waals surface area contributed by atoms with Crippen molar-refractivity contribution in [3.8, 4) is 56.0 Å². The molecule has 0 atom stereocenters. The van der Waals surface area contributed by atoms with Gasteiger partial charge in [-0.3, -0.25) is 0 Å². The number of benzene rings is 10. The van der Waals surface area contributed by atoms with Crippen LogP contribution in [-0.4, -0.2) is 19.9 Å². The molecule has 11 aromatic rings. The molecule has 0 saturated heterocycles. The lowest BCUT2D eigenvalue weighted by atomic mass is 9.33. The van der Waals surface area contributed by atoms with Crippen molar-refractivity contribution in [1.29, 1.82) is 0 Å². The molecular weight excluding hydrogens is 1000 g/mol. The van der Waals surface area contributed by atoms with E-state index in [1.807, 2.05) is 6.07 Å². The largest absolute Gasteiger partial charge is 0.490 e. The average Bonchev–Trinajstić information content (AvgIpc) is 1.77. The molecule has 14 rings (SSSR count). The summed E-state index contributed by atoms with van der Waals surface area (Å²) in [5, 5.41) is 2.25. The molecule has 4 heterocycles. The predicted molar refractivity (Wildman–Crippen MR) is 346 cm³/mol. The van der Waals surface area contributed by atoms with Gasteiger partial charge in [0.1, 0.15) is 11.2 Å². The summed E-state index contributed by atoms with van der Waals surface area (Å²) < 4.78 is 19.6. The zero-order chi connectivity index (χ0) is 56.4. The summed E-state index contributed by atoms with van der Waals surface area (Å²) in [7, 11) is 0. The molecule has 3 aliphatic heterocycles. The van der Waals surface area contributed by atoms with Crippen LogP contribution in [-0.2, 0) is 16.2 Å². The SMILES string of the molecule is Cc1cc2c3c(c1)N(c1cc4c(cc1-c1ccccc1)OCCCO4)c1ccc(C(C)(C)C)cc1B3c1ccc(-c3ccc4c(c3)oc3ccccc34)cc1N2c1cc(-c2ccc(C(C)(C)C)cc2)cc(-c2ccc(C(C)(C)C)cc2)c1. The highest BCUT2D eigenvalue weighted by atomic mass is 16.5. The number of para-hydroxylation sites is 1. The smallest absolute Gasteiger partial charge is 0.252 e. The molecule has 0 radical (unpaired) electrons. The van der Waals surface area contributed by atoms with E-state index in [1.54, 1.807) is 0 Å². The third-order valence-corrected chi connectivity index (χ3v) is 17.3. The number of fused-ring (bicyclic) bond motifs is 8. The standard InChI is InChI=1S/C76H69BN2O3/c1-47-37-67-73-68(38-47)79(65-46-72-71(80-35-16-36-81-72)45-61(65)50-17-12-11-13-18-50)64-34-31-57(76(8,9)10)44-63(64)77(73)62-33-26-51(52-25-32-60-59-19-14-15-20-69(59)82-70(60)43-52)42-66(62)78(67)58-40-53(48-21-27-55(28-22-48)74(2,3)4)39-54(41-58)49-23-29-56(30-24-49)75(5,6)7/h11-15,17-34,37-46H,16,35-36H2,1-10H3. The van der Waals surface area contributed by atoms with Crippen molar-refractivity contribution in [3.05, 3.63) is 222 Å². The molecule has 82 heavy (non-hydrogen) atoms. The maximum atomic E-state index is 6.59. The Bertz CT molecular complexity index is 4250. The van der Waals surface area contributed by atoms with E-state index >= 15 is 0 Å². The normalized spacial score (nSPS) is 14.0. The topological polar surface area (TPSA) is 38.1 Å². The fourth-order valence-corrected chi connectivity index (χ4v) is 12.9. The highest BCUT2D eigenvalue weighted by Crippen LogP contribution is 2.51. The summed E-state index contributed by atoms with van der Waals surface area (Å²) >= 11 is 0. The molecule has 1 aromatic heterocycles. The molecule has 0 N–H and O–H groups in total. The van der Waals surface area contributed by atoms with Gasteiger partial charge in [0.15, 0.2) is 11.5 Å². The van der Waals surface area contributed by atoms with Crippen molar-refractivity contribution in [2.24, 2.45) is 0 Å². The van der Waals surface area contributed by atoms with Crippen LogP contribution in [0.3, 0.4) is 0 Å². The van der Waals surface area contributed by atoms with Crippen molar-refractivity contribution < 1.29 is 13.9 Å². The van der Waals surface area contributed by atoms with Gasteiger partial charge in [-0.2, -0.15) is 0 Å². The van der Waals surface area contributed by atoms with Crippen LogP contribution in [0.4, 0.5) is 34.1 Å². The second-order valence-corrected chi connectivity index (χ2v) is 26.1. The van der Waals surface area contributed by atoms with Gasteiger partial charge in [0.2, 0.25) is 0 Å². The van der Waals surface area contributed by atoms with Crippen molar-refractivity contribution in [3.63, 3.8) is 0 Å². The lowest BCUT2D eigenvalue weighted by Crippen LogP contribution is -2.61. The van der Waals surface area contributed by atoms with Crippen LogP contribution in [0, 0.1) is 6.92 Å². The quantitative estimate of drug-likeness (QED) is 0.155. The minimum atomic E-state index is -0.115. The Morgan fingerprint density at radius 3 is 1.60 bits per heavy atom. The molecule has 0 unspecified atom stereocenters. The average molecular weight is 1070 g/mol. The second-order valence-electron chi connectivity index (χ2n) is 26.1.